The number of amides is 2. The van der Waals surface area contributed by atoms with Gasteiger partial charge in [0.25, 0.3) is 11.1 Å². The Bertz CT molecular complexity index is 901. The van der Waals surface area contributed by atoms with Crippen LogP contribution in [0.2, 0.25) is 10.0 Å². The summed E-state index contributed by atoms with van der Waals surface area (Å²) in [6, 6.07) is 9.51. The van der Waals surface area contributed by atoms with Crippen molar-refractivity contribution in [1.29, 1.82) is 0 Å². The van der Waals surface area contributed by atoms with Crippen LogP contribution in [0, 0.1) is 0 Å². The molecule has 8 heteroatoms. The van der Waals surface area contributed by atoms with E-state index in [0.29, 0.717) is 25.8 Å². The summed E-state index contributed by atoms with van der Waals surface area (Å²) >= 11 is 15.8. The number of carbonyl (C=O) groups is 2. The van der Waals surface area contributed by atoms with Crippen molar-refractivity contribution in [3.63, 3.8) is 0 Å². The molecule has 0 bridgehead atoms. The van der Waals surface area contributed by atoms with Crippen molar-refractivity contribution in [2.75, 3.05) is 4.90 Å². The van der Waals surface area contributed by atoms with Crippen LogP contribution in [0.5, 0.6) is 5.75 Å². The van der Waals surface area contributed by atoms with Crippen LogP contribution in [0.1, 0.15) is 5.56 Å². The molecule has 0 aliphatic carbocycles. The number of halogens is 3. The number of benzene rings is 2. The van der Waals surface area contributed by atoms with Crippen LogP contribution in [-0.4, -0.2) is 16.3 Å². The monoisotopic (exact) mass is 443 g/mol. The highest BCUT2D eigenvalue weighted by atomic mass is 79.9. The van der Waals surface area contributed by atoms with E-state index in [1.807, 2.05) is 0 Å². The fraction of sp³-hybridized carbons (Fsp3) is 0. The van der Waals surface area contributed by atoms with Crippen molar-refractivity contribution in [2.24, 2.45) is 0 Å². The number of rotatable bonds is 2. The zero-order valence-electron chi connectivity index (χ0n) is 11.8. The van der Waals surface area contributed by atoms with E-state index < -0.39 is 11.1 Å². The Labute approximate surface area is 160 Å². The number of nitrogens with zero attached hydrogens (tertiary/aromatic N) is 1. The minimum absolute atomic E-state index is 0.0612. The fourth-order valence-corrected chi connectivity index (χ4v) is 3.99. The van der Waals surface area contributed by atoms with Crippen molar-refractivity contribution >= 4 is 73.8 Å². The zero-order valence-corrected chi connectivity index (χ0v) is 15.7. The lowest BCUT2D eigenvalue weighted by Gasteiger charge is -2.12. The van der Waals surface area contributed by atoms with Crippen LogP contribution in [0.3, 0.4) is 0 Å². The number of phenols is 1. The Kier molecular flexibility index (Phi) is 4.92. The van der Waals surface area contributed by atoms with Gasteiger partial charge in [-0.25, -0.2) is 4.90 Å². The third kappa shape index (κ3) is 3.32. The summed E-state index contributed by atoms with van der Waals surface area (Å²) in [5.74, 6) is -0.545. The van der Waals surface area contributed by atoms with Gasteiger partial charge in [-0.2, -0.15) is 0 Å². The van der Waals surface area contributed by atoms with Crippen molar-refractivity contribution < 1.29 is 14.7 Å². The smallest absolute Gasteiger partial charge is 0.298 e. The van der Waals surface area contributed by atoms with Crippen LogP contribution >= 0.6 is 50.9 Å². The Morgan fingerprint density at radius 2 is 1.88 bits per heavy atom. The van der Waals surface area contributed by atoms with Gasteiger partial charge in [0, 0.05) is 15.6 Å². The summed E-state index contributed by atoms with van der Waals surface area (Å²) in [6.45, 7) is 0. The predicted octanol–water partition coefficient (Wildman–Crippen LogP) is 5.70. The molecule has 24 heavy (non-hydrogen) atoms. The van der Waals surface area contributed by atoms with Gasteiger partial charge in [-0.15, -0.1) is 0 Å². The van der Waals surface area contributed by atoms with Gasteiger partial charge in [-0.1, -0.05) is 29.3 Å². The number of carbonyl (C=O) groups excluding carboxylic acids is 2. The molecule has 4 nitrogen and oxygen atoms in total. The molecule has 0 radical (unpaired) electrons. The third-order valence-electron chi connectivity index (χ3n) is 3.20. The molecule has 1 N–H and O–H groups in total. The van der Waals surface area contributed by atoms with Crippen LogP contribution in [0.25, 0.3) is 6.08 Å². The highest BCUT2D eigenvalue weighted by molar-refractivity contribution is 9.10. The van der Waals surface area contributed by atoms with E-state index in [1.54, 1.807) is 18.2 Å². The van der Waals surface area contributed by atoms with Gasteiger partial charge < -0.3 is 5.11 Å². The molecule has 1 aliphatic rings. The number of hydrogen-bond donors (Lipinski definition) is 1. The molecule has 1 saturated heterocycles. The minimum atomic E-state index is -0.484. The minimum Gasteiger partial charge on any atom is -0.506 e. The molecule has 0 saturated carbocycles. The Balaban J connectivity index is 2.00. The van der Waals surface area contributed by atoms with E-state index in [-0.39, 0.29) is 10.7 Å². The normalized spacial score (nSPS) is 16.3. The van der Waals surface area contributed by atoms with Crippen LogP contribution in [0.15, 0.2) is 45.8 Å². The average molecular weight is 445 g/mol. The zero-order chi connectivity index (χ0) is 17.4. The number of thioether (sulfide) groups is 1. The van der Waals surface area contributed by atoms with E-state index in [1.165, 1.54) is 24.3 Å². The van der Waals surface area contributed by atoms with Gasteiger partial charge in [-0.3, -0.25) is 9.59 Å². The molecule has 122 valence electrons. The second kappa shape index (κ2) is 6.80. The van der Waals surface area contributed by atoms with E-state index in [0.717, 1.165) is 16.7 Å². The molecule has 1 aliphatic heterocycles. The fourth-order valence-electron chi connectivity index (χ4n) is 2.14. The number of hydrogen-bond acceptors (Lipinski definition) is 4. The van der Waals surface area contributed by atoms with E-state index in [4.69, 9.17) is 23.2 Å². The third-order valence-corrected chi connectivity index (χ3v) is 5.13. The van der Waals surface area contributed by atoms with Gasteiger partial charge in [0.2, 0.25) is 0 Å². The van der Waals surface area contributed by atoms with Crippen LogP contribution in [-0.2, 0) is 4.79 Å². The van der Waals surface area contributed by atoms with Gasteiger partial charge in [0.15, 0.2) is 0 Å². The van der Waals surface area contributed by atoms with E-state index in [2.05, 4.69) is 15.9 Å². The van der Waals surface area contributed by atoms with Crippen LogP contribution < -0.4 is 4.90 Å². The standard InChI is InChI=1S/C16H8BrCl2NO3S/c17-12-7-10(19)4-8(14(12)21)5-13-15(22)20(16(23)24-13)11-3-1-2-9(18)6-11/h1-7,21H/b13-5-. The molecule has 0 aromatic heterocycles. The second-order valence-corrected chi connectivity index (χ2v) is 7.54. The summed E-state index contributed by atoms with van der Waals surface area (Å²) in [5, 5.41) is 10.4. The number of imide groups is 1. The highest BCUT2D eigenvalue weighted by Gasteiger charge is 2.36. The lowest BCUT2D eigenvalue weighted by Crippen LogP contribution is -2.27. The van der Waals surface area contributed by atoms with Gasteiger partial charge >= 0.3 is 0 Å². The molecule has 2 aromatic rings. The molecule has 1 fully saturated rings. The molecular formula is C16H8BrCl2NO3S. The number of aromatic hydroxyl groups is 1. The molecule has 0 spiro atoms. The van der Waals surface area contributed by atoms with Crippen LogP contribution in [0.4, 0.5) is 10.5 Å². The van der Waals surface area contributed by atoms with E-state index in [9.17, 15) is 14.7 Å². The summed E-state index contributed by atoms with van der Waals surface area (Å²) in [4.78, 5) is 26.0. The molecule has 3 rings (SSSR count). The summed E-state index contributed by atoms with van der Waals surface area (Å²) in [7, 11) is 0. The van der Waals surface area contributed by atoms with Crippen molar-refractivity contribution in [1.82, 2.24) is 0 Å². The molecule has 2 amide bonds. The predicted molar refractivity (Wildman–Crippen MR) is 101 cm³/mol. The van der Waals surface area contributed by atoms with Gasteiger partial charge in [-0.05, 0) is 64.1 Å². The Morgan fingerprint density at radius 1 is 1.12 bits per heavy atom. The maximum Gasteiger partial charge on any atom is 0.298 e. The SMILES string of the molecule is O=C1S/C(=C\c2cc(Cl)cc(Br)c2O)C(=O)N1c1cccc(Cl)c1. The molecule has 0 unspecified atom stereocenters. The molecule has 0 atom stereocenters. The average Bonchev–Trinajstić information content (AvgIpc) is 2.78. The largest absolute Gasteiger partial charge is 0.506 e. The molecule has 2 aromatic carbocycles. The number of phenolic OH excluding ortho intramolecular Hbond substituents is 1. The summed E-state index contributed by atoms with van der Waals surface area (Å²) in [5.41, 5.74) is 0.732. The Hall–Kier alpha value is -1.47. The first kappa shape index (κ1) is 17.4. The molecule has 1 heterocycles. The number of anilines is 1. The second-order valence-electron chi connectivity index (χ2n) is 4.82. The van der Waals surface area contributed by atoms with Crippen molar-refractivity contribution in [3.05, 3.63) is 61.4 Å². The first-order valence-electron chi connectivity index (χ1n) is 6.58. The van der Waals surface area contributed by atoms with Gasteiger partial charge in [0.05, 0.1) is 15.1 Å². The molecular weight excluding hydrogens is 437 g/mol. The van der Waals surface area contributed by atoms with Crippen molar-refractivity contribution in [3.8, 4) is 5.75 Å². The lowest BCUT2D eigenvalue weighted by atomic mass is 10.2. The first-order valence-corrected chi connectivity index (χ1v) is 8.95. The summed E-state index contributed by atoms with van der Waals surface area (Å²) in [6.07, 6.45) is 1.43. The summed E-state index contributed by atoms with van der Waals surface area (Å²) < 4.78 is 0.398. The van der Waals surface area contributed by atoms with E-state index >= 15 is 0 Å². The van der Waals surface area contributed by atoms with Gasteiger partial charge in [0.1, 0.15) is 5.75 Å². The lowest BCUT2D eigenvalue weighted by molar-refractivity contribution is -0.113. The van der Waals surface area contributed by atoms with Crippen molar-refractivity contribution in [2.45, 2.75) is 0 Å². The maximum absolute atomic E-state index is 12.6. The highest BCUT2D eigenvalue weighted by Crippen LogP contribution is 2.39. The quantitative estimate of drug-likeness (QED) is 0.603. The Morgan fingerprint density at radius 3 is 2.58 bits per heavy atom. The maximum atomic E-state index is 12.6. The first-order chi connectivity index (χ1) is 11.4. The topological polar surface area (TPSA) is 57.6 Å².